The molecule has 1 amide bonds. The normalized spacial score (nSPS) is 21.0. The first-order valence-corrected chi connectivity index (χ1v) is 8.79. The van der Waals surface area contributed by atoms with E-state index in [4.69, 9.17) is 9.84 Å². The molecule has 6 heteroatoms. The van der Waals surface area contributed by atoms with E-state index in [1.54, 1.807) is 11.8 Å². The Morgan fingerprint density at radius 2 is 1.96 bits per heavy atom. The molecule has 3 rings (SSSR count). The number of benzene rings is 2. The Morgan fingerprint density at radius 3 is 2.71 bits per heavy atom. The van der Waals surface area contributed by atoms with E-state index in [1.807, 2.05) is 30.3 Å². The van der Waals surface area contributed by atoms with Crippen LogP contribution in [0.3, 0.4) is 0 Å². The summed E-state index contributed by atoms with van der Waals surface area (Å²) in [7, 11) is 0. The number of hydrogen-bond acceptors (Lipinski definition) is 4. The van der Waals surface area contributed by atoms with E-state index in [1.165, 1.54) is 17.1 Å². The third-order valence-electron chi connectivity index (χ3n) is 3.97. The fourth-order valence-electron chi connectivity index (χ4n) is 2.79. The number of carboxylic acid groups (broad SMARTS) is 1. The van der Waals surface area contributed by atoms with Gasteiger partial charge in [0.25, 0.3) is 0 Å². The van der Waals surface area contributed by atoms with Gasteiger partial charge in [-0.1, -0.05) is 30.3 Å². The first kappa shape index (κ1) is 16.8. The maximum absolute atomic E-state index is 12.4. The number of aliphatic carboxylic acids is 1. The Balaban J connectivity index is 1.62. The van der Waals surface area contributed by atoms with Crippen molar-refractivity contribution in [1.82, 2.24) is 4.90 Å². The first-order valence-electron chi connectivity index (χ1n) is 7.80. The summed E-state index contributed by atoms with van der Waals surface area (Å²) in [6, 6.07) is 14.2. The van der Waals surface area contributed by atoms with Gasteiger partial charge in [0, 0.05) is 11.4 Å². The number of carboxylic acids is 1. The van der Waals surface area contributed by atoms with Crippen molar-refractivity contribution in [3.8, 4) is 0 Å². The van der Waals surface area contributed by atoms with Crippen molar-refractivity contribution in [3.05, 3.63) is 42.5 Å². The fraction of sp³-hybridized carbons (Fsp3) is 0.333. The summed E-state index contributed by atoms with van der Waals surface area (Å²) in [5.41, 5.74) is 0. The lowest BCUT2D eigenvalue weighted by molar-refractivity contribution is -0.165. The van der Waals surface area contributed by atoms with Gasteiger partial charge in [-0.05, 0) is 29.8 Å². The summed E-state index contributed by atoms with van der Waals surface area (Å²) >= 11 is 1.47. The lowest BCUT2D eigenvalue weighted by atomic mass is 10.1. The van der Waals surface area contributed by atoms with Crippen molar-refractivity contribution < 1.29 is 19.4 Å². The second-order valence-corrected chi connectivity index (χ2v) is 6.92. The van der Waals surface area contributed by atoms with Gasteiger partial charge in [-0.3, -0.25) is 4.79 Å². The molecule has 0 aliphatic carbocycles. The van der Waals surface area contributed by atoms with E-state index >= 15 is 0 Å². The zero-order valence-corrected chi connectivity index (χ0v) is 14.2. The lowest BCUT2D eigenvalue weighted by Crippen LogP contribution is -2.52. The summed E-state index contributed by atoms with van der Waals surface area (Å²) in [6.45, 7) is 2.32. The van der Waals surface area contributed by atoms with Gasteiger partial charge in [-0.2, -0.15) is 0 Å². The van der Waals surface area contributed by atoms with Gasteiger partial charge in [0.1, 0.15) is 0 Å². The average molecular weight is 345 g/mol. The predicted molar refractivity (Wildman–Crippen MR) is 93.2 cm³/mol. The Morgan fingerprint density at radius 1 is 1.21 bits per heavy atom. The van der Waals surface area contributed by atoms with E-state index in [0.29, 0.717) is 6.54 Å². The number of nitrogens with zero attached hydrogens (tertiary/aromatic N) is 1. The third kappa shape index (κ3) is 3.88. The molecule has 2 aromatic rings. The minimum Gasteiger partial charge on any atom is -0.479 e. The van der Waals surface area contributed by atoms with Crippen LogP contribution in [0.15, 0.2) is 47.4 Å². The molecule has 0 radical (unpaired) electrons. The van der Waals surface area contributed by atoms with E-state index < -0.39 is 12.1 Å². The number of amides is 1. The van der Waals surface area contributed by atoms with Crippen LogP contribution in [0.4, 0.5) is 0 Å². The van der Waals surface area contributed by atoms with Crippen molar-refractivity contribution in [2.24, 2.45) is 0 Å². The Labute approximate surface area is 144 Å². The van der Waals surface area contributed by atoms with Crippen LogP contribution >= 0.6 is 11.8 Å². The maximum atomic E-state index is 12.4. The topological polar surface area (TPSA) is 66.8 Å². The number of fused-ring (bicyclic) bond motifs is 1. The second-order valence-electron chi connectivity index (χ2n) is 5.87. The smallest absolute Gasteiger partial charge is 0.334 e. The van der Waals surface area contributed by atoms with E-state index in [-0.39, 0.29) is 24.3 Å². The van der Waals surface area contributed by atoms with Gasteiger partial charge in [0.05, 0.1) is 18.4 Å². The largest absolute Gasteiger partial charge is 0.479 e. The van der Waals surface area contributed by atoms with E-state index in [0.717, 1.165) is 10.3 Å². The van der Waals surface area contributed by atoms with Crippen LogP contribution in [0.5, 0.6) is 0 Å². The number of morpholine rings is 1. The Hall–Kier alpha value is -2.05. The number of rotatable bonds is 4. The molecule has 1 fully saturated rings. The van der Waals surface area contributed by atoms with Gasteiger partial charge >= 0.3 is 5.97 Å². The number of thioether (sulfide) groups is 1. The van der Waals surface area contributed by atoms with Crippen molar-refractivity contribution in [2.45, 2.75) is 24.0 Å². The van der Waals surface area contributed by atoms with Crippen LogP contribution in [0.2, 0.25) is 0 Å². The van der Waals surface area contributed by atoms with Crippen LogP contribution in [-0.4, -0.2) is 52.9 Å². The molecule has 1 aliphatic rings. The molecule has 0 saturated carbocycles. The summed E-state index contributed by atoms with van der Waals surface area (Å²) in [4.78, 5) is 26.1. The highest BCUT2D eigenvalue weighted by atomic mass is 32.2. The molecule has 0 bridgehead atoms. The van der Waals surface area contributed by atoms with Gasteiger partial charge in [0.2, 0.25) is 5.91 Å². The number of carbonyl (C=O) groups excluding carboxylic acids is 1. The molecule has 2 atom stereocenters. The van der Waals surface area contributed by atoms with E-state index in [2.05, 4.69) is 12.1 Å². The standard InChI is InChI=1S/C18H19NO4S/c1-12-9-19(10-16(23-12)18(21)22)17(20)11-24-15-7-6-13-4-2-3-5-14(13)8-15/h2-8,12,16H,9-11H2,1H3,(H,21,22)/t12-,16?/m1/s1. The quantitative estimate of drug-likeness (QED) is 0.863. The highest BCUT2D eigenvalue weighted by molar-refractivity contribution is 8.00. The van der Waals surface area contributed by atoms with Gasteiger partial charge in [-0.15, -0.1) is 11.8 Å². The Kier molecular flexibility index (Phi) is 5.06. The fourth-order valence-corrected chi connectivity index (χ4v) is 3.63. The van der Waals surface area contributed by atoms with Crippen molar-refractivity contribution in [3.63, 3.8) is 0 Å². The molecule has 1 saturated heterocycles. The Bertz CT molecular complexity index is 764. The summed E-state index contributed by atoms with van der Waals surface area (Å²) in [5, 5.41) is 11.4. The molecule has 126 valence electrons. The summed E-state index contributed by atoms with van der Waals surface area (Å²) < 4.78 is 5.34. The number of hydrogen-bond donors (Lipinski definition) is 1. The minimum atomic E-state index is -1.03. The number of ether oxygens (including phenoxy) is 1. The predicted octanol–water partition coefficient (Wildman–Crippen LogP) is 2.63. The molecule has 1 heterocycles. The monoisotopic (exact) mass is 345 g/mol. The van der Waals surface area contributed by atoms with Crippen LogP contribution in [0.1, 0.15) is 6.92 Å². The molecular formula is C18H19NO4S. The molecule has 1 unspecified atom stereocenters. The van der Waals surface area contributed by atoms with Crippen molar-refractivity contribution in [1.29, 1.82) is 0 Å². The first-order chi connectivity index (χ1) is 11.5. The van der Waals surface area contributed by atoms with E-state index in [9.17, 15) is 9.59 Å². The SMILES string of the molecule is C[C@@H]1CN(C(=O)CSc2ccc3ccccc3c2)CC(C(=O)O)O1. The van der Waals surface area contributed by atoms with Crippen LogP contribution in [-0.2, 0) is 14.3 Å². The third-order valence-corrected chi connectivity index (χ3v) is 4.95. The lowest BCUT2D eigenvalue weighted by Gasteiger charge is -2.34. The van der Waals surface area contributed by atoms with Crippen LogP contribution < -0.4 is 0 Å². The maximum Gasteiger partial charge on any atom is 0.334 e. The molecule has 5 nitrogen and oxygen atoms in total. The van der Waals surface area contributed by atoms with Crippen LogP contribution in [0, 0.1) is 0 Å². The molecule has 0 spiro atoms. The summed E-state index contributed by atoms with van der Waals surface area (Å²) in [6.07, 6.45) is -1.21. The number of carbonyl (C=O) groups is 2. The molecule has 2 aromatic carbocycles. The minimum absolute atomic E-state index is 0.0606. The zero-order valence-electron chi connectivity index (χ0n) is 13.3. The van der Waals surface area contributed by atoms with Gasteiger partial charge in [0.15, 0.2) is 6.10 Å². The van der Waals surface area contributed by atoms with Crippen LogP contribution in [0.25, 0.3) is 10.8 Å². The van der Waals surface area contributed by atoms with Crippen molar-refractivity contribution in [2.75, 3.05) is 18.8 Å². The second kappa shape index (κ2) is 7.23. The van der Waals surface area contributed by atoms with Crippen molar-refractivity contribution >= 4 is 34.4 Å². The molecule has 1 N–H and O–H groups in total. The zero-order chi connectivity index (χ0) is 17.1. The highest BCUT2D eigenvalue weighted by Gasteiger charge is 2.32. The average Bonchev–Trinajstić information content (AvgIpc) is 2.58. The molecule has 1 aliphatic heterocycles. The highest BCUT2D eigenvalue weighted by Crippen LogP contribution is 2.24. The van der Waals surface area contributed by atoms with Gasteiger partial charge < -0.3 is 14.7 Å². The summed E-state index contributed by atoms with van der Waals surface area (Å²) in [5.74, 6) is -0.798. The molecular weight excluding hydrogens is 326 g/mol. The van der Waals surface area contributed by atoms with Gasteiger partial charge in [-0.25, -0.2) is 4.79 Å². The molecule has 24 heavy (non-hydrogen) atoms. The molecule has 0 aromatic heterocycles.